The maximum Gasteiger partial charge on any atom is 0.0891 e. The third-order valence-corrected chi connectivity index (χ3v) is 15.4. The molecule has 3 aliphatic carbocycles. The molecule has 1 aromatic heterocycles. The van der Waals surface area contributed by atoms with Crippen molar-refractivity contribution in [2.24, 2.45) is 0 Å². The molecule has 2 nitrogen and oxygen atoms in total. The van der Waals surface area contributed by atoms with E-state index in [1.54, 1.807) is 0 Å². The van der Waals surface area contributed by atoms with Crippen molar-refractivity contribution in [3.63, 3.8) is 0 Å². The molecule has 1 atom stereocenters. The van der Waals surface area contributed by atoms with Gasteiger partial charge in [0, 0.05) is 17.0 Å². The van der Waals surface area contributed by atoms with Crippen LogP contribution in [0, 0.1) is 0 Å². The van der Waals surface area contributed by atoms with Gasteiger partial charge >= 0.3 is 0 Å². The second-order valence-corrected chi connectivity index (χ2v) is 18.9. The fraction of sp³-hybridized carbons (Fsp3) is 0.0294. The minimum atomic E-state index is 0.271. The maximum atomic E-state index is 5.28. The van der Waals surface area contributed by atoms with Crippen LogP contribution in [0.25, 0.3) is 143 Å². The molecule has 2 heteroatoms. The van der Waals surface area contributed by atoms with Gasteiger partial charge in [-0.15, -0.1) is 0 Å². The zero-order valence-electron chi connectivity index (χ0n) is 38.2. The van der Waals surface area contributed by atoms with E-state index in [2.05, 4.69) is 224 Å². The molecule has 15 rings (SSSR count). The van der Waals surface area contributed by atoms with E-state index in [1.165, 1.54) is 127 Å². The molecule has 0 saturated heterocycles. The van der Waals surface area contributed by atoms with Crippen LogP contribution in [0.3, 0.4) is 0 Å². The number of hydrogen-bond donors (Lipinski definition) is 0. The van der Waals surface area contributed by atoms with Crippen LogP contribution in [0.1, 0.15) is 17.9 Å². The molecule has 1 heterocycles. The number of rotatable bonds is 6. The molecule has 0 fully saturated rings. The van der Waals surface area contributed by atoms with E-state index in [-0.39, 0.29) is 5.92 Å². The lowest BCUT2D eigenvalue weighted by atomic mass is 9.79. The Bertz CT molecular complexity index is 4130. The first-order chi connectivity index (χ1) is 34.8. The fourth-order valence-electron chi connectivity index (χ4n) is 12.6. The van der Waals surface area contributed by atoms with E-state index in [1.807, 2.05) is 12.4 Å². The molecule has 12 aromatic rings. The standard InChI is InChI=1S/C68H42N2/c1-5-19-41(20-6-1)59-49-27-13-15-29-51(49)61(43-23-9-3-10-24-43)67-55-37-35-45(47-31-17-33-53(63(47)55)65(59)67)57-39-70-58(40-69-57)46-36-38-56-64-48(46)32-18-34-54(64)66-60(42-21-7-2-8-22-42)50-28-14-16-30-52(50)62(68(56)66)44-25-11-4-12-26-44/h1-25,27-40,44H,26H2. The van der Waals surface area contributed by atoms with Gasteiger partial charge in [-0.1, -0.05) is 224 Å². The zero-order chi connectivity index (χ0) is 45.9. The van der Waals surface area contributed by atoms with Gasteiger partial charge in [0.1, 0.15) is 0 Å². The molecule has 0 bridgehead atoms. The molecular formula is C68H42N2. The molecule has 0 spiro atoms. The summed E-state index contributed by atoms with van der Waals surface area (Å²) in [6, 6.07) is 73.7. The Morgan fingerprint density at radius 1 is 0.300 bits per heavy atom. The van der Waals surface area contributed by atoms with Gasteiger partial charge in [-0.25, -0.2) is 0 Å². The highest BCUT2D eigenvalue weighted by molar-refractivity contribution is 6.29. The molecule has 3 aliphatic rings. The number of nitrogens with zero attached hydrogens (tertiary/aromatic N) is 2. The second kappa shape index (κ2) is 15.3. The lowest BCUT2D eigenvalue weighted by molar-refractivity contribution is 0.865. The van der Waals surface area contributed by atoms with Crippen LogP contribution in [0.15, 0.2) is 237 Å². The molecule has 0 saturated carbocycles. The number of aromatic nitrogens is 2. The Labute approximate surface area is 406 Å². The van der Waals surface area contributed by atoms with Crippen molar-refractivity contribution in [1.82, 2.24) is 9.97 Å². The topological polar surface area (TPSA) is 25.8 Å². The van der Waals surface area contributed by atoms with Crippen molar-refractivity contribution in [2.45, 2.75) is 12.3 Å². The van der Waals surface area contributed by atoms with E-state index in [9.17, 15) is 0 Å². The predicted octanol–water partition coefficient (Wildman–Crippen LogP) is 18.3. The molecular weight excluding hydrogens is 845 g/mol. The third kappa shape index (κ3) is 5.56. The quantitative estimate of drug-likeness (QED) is 0.166. The normalized spacial score (nSPS) is 14.0. The molecule has 70 heavy (non-hydrogen) atoms. The van der Waals surface area contributed by atoms with Crippen molar-refractivity contribution in [2.75, 3.05) is 0 Å². The highest BCUT2D eigenvalue weighted by atomic mass is 14.8. The first-order valence-corrected chi connectivity index (χ1v) is 24.4. The van der Waals surface area contributed by atoms with Crippen molar-refractivity contribution in [3.05, 3.63) is 242 Å². The van der Waals surface area contributed by atoms with Gasteiger partial charge in [0.05, 0.1) is 23.8 Å². The summed E-state index contributed by atoms with van der Waals surface area (Å²) in [5.41, 5.74) is 23.2. The molecule has 324 valence electrons. The van der Waals surface area contributed by atoms with Gasteiger partial charge in [-0.2, -0.15) is 0 Å². The van der Waals surface area contributed by atoms with Gasteiger partial charge < -0.3 is 0 Å². The van der Waals surface area contributed by atoms with Gasteiger partial charge in [-0.3, -0.25) is 9.97 Å². The van der Waals surface area contributed by atoms with Crippen LogP contribution in [0.4, 0.5) is 0 Å². The lowest BCUT2D eigenvalue weighted by Gasteiger charge is -2.24. The summed E-state index contributed by atoms with van der Waals surface area (Å²) in [7, 11) is 0. The van der Waals surface area contributed by atoms with E-state index >= 15 is 0 Å². The van der Waals surface area contributed by atoms with Crippen LogP contribution in [0.2, 0.25) is 0 Å². The van der Waals surface area contributed by atoms with Gasteiger partial charge in [-0.05, 0) is 133 Å². The Balaban J connectivity index is 0.898. The third-order valence-electron chi connectivity index (χ3n) is 15.4. The molecule has 0 N–H and O–H groups in total. The highest BCUT2D eigenvalue weighted by Gasteiger charge is 2.34. The van der Waals surface area contributed by atoms with Crippen molar-refractivity contribution < 1.29 is 0 Å². The summed E-state index contributed by atoms with van der Waals surface area (Å²) in [5, 5.41) is 10.1. The molecule has 11 aromatic carbocycles. The van der Waals surface area contributed by atoms with E-state index in [0.717, 1.165) is 28.9 Å². The number of fused-ring (bicyclic) bond motifs is 8. The summed E-state index contributed by atoms with van der Waals surface area (Å²) in [4.78, 5) is 10.6. The average Bonchev–Trinajstić information content (AvgIpc) is 3.94. The Kier molecular flexibility index (Phi) is 8.52. The Morgan fingerprint density at radius 3 is 1.14 bits per heavy atom. The fourth-order valence-corrected chi connectivity index (χ4v) is 12.6. The lowest BCUT2D eigenvalue weighted by Crippen LogP contribution is -2.02. The molecule has 0 amide bonds. The van der Waals surface area contributed by atoms with Crippen LogP contribution >= 0.6 is 0 Å². The maximum absolute atomic E-state index is 5.28. The van der Waals surface area contributed by atoms with Crippen molar-refractivity contribution >= 4 is 43.1 Å². The number of hydrogen-bond acceptors (Lipinski definition) is 2. The number of allylic oxidation sites excluding steroid dienone is 4. The average molecular weight is 887 g/mol. The summed E-state index contributed by atoms with van der Waals surface area (Å²) < 4.78 is 0. The SMILES string of the molecule is C1=CCC(c2c3c(c(-c4ccccc4)c4ccccc24)-c2cccc4c(-c5cnc(-c6ccc7c8c(cccc68)-c6c-7c(-c7ccccc7)c7ccccc7c6-c6ccccc6)cn5)ccc-3c24)C=C1. The van der Waals surface area contributed by atoms with Crippen LogP contribution in [0.5, 0.6) is 0 Å². The Morgan fingerprint density at radius 2 is 0.686 bits per heavy atom. The summed E-state index contributed by atoms with van der Waals surface area (Å²) in [5.74, 6) is 0.271. The monoisotopic (exact) mass is 886 g/mol. The van der Waals surface area contributed by atoms with Crippen LogP contribution < -0.4 is 0 Å². The minimum absolute atomic E-state index is 0.271. The van der Waals surface area contributed by atoms with Crippen molar-refractivity contribution in [1.29, 1.82) is 0 Å². The second-order valence-electron chi connectivity index (χ2n) is 18.9. The van der Waals surface area contributed by atoms with Gasteiger partial charge in [0.15, 0.2) is 0 Å². The highest BCUT2D eigenvalue weighted by Crippen LogP contribution is 2.60. The Hall–Kier alpha value is -8.98. The number of benzene rings is 11. The van der Waals surface area contributed by atoms with E-state index < -0.39 is 0 Å². The zero-order valence-corrected chi connectivity index (χ0v) is 38.2. The minimum Gasteiger partial charge on any atom is -0.252 e. The molecule has 0 radical (unpaired) electrons. The summed E-state index contributed by atoms with van der Waals surface area (Å²) in [6.45, 7) is 0. The molecule has 0 aliphatic heterocycles. The van der Waals surface area contributed by atoms with Crippen LogP contribution in [-0.4, -0.2) is 9.97 Å². The van der Waals surface area contributed by atoms with Gasteiger partial charge in [0.25, 0.3) is 0 Å². The van der Waals surface area contributed by atoms with E-state index in [0.29, 0.717) is 0 Å². The first kappa shape index (κ1) is 39.1. The molecule has 1 unspecified atom stereocenters. The predicted molar refractivity (Wildman–Crippen MR) is 294 cm³/mol. The van der Waals surface area contributed by atoms with Gasteiger partial charge in [0.2, 0.25) is 0 Å². The smallest absolute Gasteiger partial charge is 0.0891 e. The van der Waals surface area contributed by atoms with E-state index in [4.69, 9.17) is 9.97 Å². The van der Waals surface area contributed by atoms with Crippen LogP contribution in [-0.2, 0) is 0 Å². The summed E-state index contributed by atoms with van der Waals surface area (Å²) >= 11 is 0. The first-order valence-electron chi connectivity index (χ1n) is 24.4. The summed E-state index contributed by atoms with van der Waals surface area (Å²) in [6.07, 6.45) is 14.1. The van der Waals surface area contributed by atoms with Crippen molar-refractivity contribution in [3.8, 4) is 100 Å². The largest absolute Gasteiger partial charge is 0.252 e.